The topological polar surface area (TPSA) is 29.3 Å². The Morgan fingerprint density at radius 2 is 1.71 bits per heavy atom. The van der Waals surface area contributed by atoms with Crippen molar-refractivity contribution in [1.29, 1.82) is 0 Å². The molecule has 0 amide bonds. The van der Waals surface area contributed by atoms with Crippen LogP contribution in [0, 0.1) is 17.8 Å². The van der Waals surface area contributed by atoms with Crippen LogP contribution in [0.3, 0.4) is 0 Å². The molecule has 0 spiro atoms. The van der Waals surface area contributed by atoms with E-state index in [0.717, 1.165) is 30.3 Å². The molecule has 2 heteroatoms. The van der Waals surface area contributed by atoms with E-state index in [4.69, 9.17) is 5.73 Å². The molecule has 100 valence electrons. The summed E-state index contributed by atoms with van der Waals surface area (Å²) in [6.45, 7) is 8.32. The first-order valence-corrected chi connectivity index (χ1v) is 7.66. The average Bonchev–Trinajstić information content (AvgIpc) is 2.39. The number of likely N-dealkylation sites (tertiary alicyclic amines) is 1. The second-order valence-electron chi connectivity index (χ2n) is 6.47. The Morgan fingerprint density at radius 3 is 2.29 bits per heavy atom. The van der Waals surface area contributed by atoms with Crippen molar-refractivity contribution in [2.24, 2.45) is 23.5 Å². The summed E-state index contributed by atoms with van der Waals surface area (Å²) >= 11 is 0. The van der Waals surface area contributed by atoms with Gasteiger partial charge in [-0.05, 0) is 63.1 Å². The molecule has 0 aromatic rings. The molecule has 2 unspecified atom stereocenters. The highest BCUT2D eigenvalue weighted by Crippen LogP contribution is 2.35. The number of piperidine rings is 1. The van der Waals surface area contributed by atoms with Crippen molar-refractivity contribution in [2.75, 3.05) is 19.6 Å². The van der Waals surface area contributed by atoms with Crippen LogP contribution in [0.25, 0.3) is 0 Å². The van der Waals surface area contributed by atoms with Crippen LogP contribution in [0.2, 0.25) is 0 Å². The predicted octanol–water partition coefficient (Wildman–Crippen LogP) is 2.87. The molecule has 0 radical (unpaired) electrons. The third-order valence-electron chi connectivity index (χ3n) is 5.09. The third-order valence-corrected chi connectivity index (χ3v) is 5.09. The van der Waals surface area contributed by atoms with Gasteiger partial charge >= 0.3 is 0 Å². The number of rotatable bonds is 3. The first-order valence-electron chi connectivity index (χ1n) is 7.66. The fraction of sp³-hybridized carbons (Fsp3) is 1.00. The lowest BCUT2D eigenvalue weighted by Crippen LogP contribution is -2.48. The molecular formula is C15H30N2. The van der Waals surface area contributed by atoms with Gasteiger partial charge in [0, 0.05) is 6.04 Å². The van der Waals surface area contributed by atoms with Crippen LogP contribution < -0.4 is 5.73 Å². The van der Waals surface area contributed by atoms with E-state index in [-0.39, 0.29) is 0 Å². The van der Waals surface area contributed by atoms with E-state index in [1.807, 2.05) is 0 Å². The molecule has 1 heterocycles. The van der Waals surface area contributed by atoms with Crippen LogP contribution in [0.1, 0.15) is 52.4 Å². The molecule has 1 aliphatic heterocycles. The molecule has 2 aliphatic rings. The molecule has 0 bridgehead atoms. The van der Waals surface area contributed by atoms with Crippen LogP contribution >= 0.6 is 0 Å². The van der Waals surface area contributed by atoms with E-state index < -0.39 is 0 Å². The van der Waals surface area contributed by atoms with E-state index >= 15 is 0 Å². The van der Waals surface area contributed by atoms with E-state index in [1.165, 1.54) is 51.6 Å². The van der Waals surface area contributed by atoms with E-state index in [0.29, 0.717) is 0 Å². The van der Waals surface area contributed by atoms with Gasteiger partial charge in [0.15, 0.2) is 0 Å². The predicted molar refractivity (Wildman–Crippen MR) is 73.9 cm³/mol. The Hall–Kier alpha value is -0.0800. The summed E-state index contributed by atoms with van der Waals surface area (Å²) < 4.78 is 0. The Morgan fingerprint density at radius 1 is 1.06 bits per heavy atom. The minimum Gasteiger partial charge on any atom is -0.330 e. The summed E-state index contributed by atoms with van der Waals surface area (Å²) in [4.78, 5) is 2.79. The molecule has 0 aromatic carbocycles. The normalized spacial score (nSPS) is 33.2. The second-order valence-corrected chi connectivity index (χ2v) is 6.47. The zero-order chi connectivity index (χ0) is 12.3. The monoisotopic (exact) mass is 238 g/mol. The highest BCUT2D eigenvalue weighted by Gasteiger charge is 2.33. The van der Waals surface area contributed by atoms with Gasteiger partial charge in [0.25, 0.3) is 0 Å². The Bertz CT molecular complexity index is 219. The molecule has 1 saturated carbocycles. The van der Waals surface area contributed by atoms with Gasteiger partial charge in [-0.1, -0.05) is 26.7 Å². The van der Waals surface area contributed by atoms with E-state index in [9.17, 15) is 0 Å². The fourth-order valence-electron chi connectivity index (χ4n) is 3.89. The standard InChI is InChI=1S/C15H30N2/c1-12(2)14-5-3-4-6-15(14)17-9-7-13(11-16)8-10-17/h12-15H,3-11,16H2,1-2H3. The van der Waals surface area contributed by atoms with Gasteiger partial charge in [-0.25, -0.2) is 0 Å². The van der Waals surface area contributed by atoms with Gasteiger partial charge in [0.2, 0.25) is 0 Å². The van der Waals surface area contributed by atoms with Gasteiger partial charge in [-0.15, -0.1) is 0 Å². The number of nitrogens with zero attached hydrogens (tertiary/aromatic N) is 1. The second kappa shape index (κ2) is 6.19. The molecule has 2 nitrogen and oxygen atoms in total. The van der Waals surface area contributed by atoms with Gasteiger partial charge in [-0.3, -0.25) is 0 Å². The lowest BCUT2D eigenvalue weighted by atomic mass is 9.76. The van der Waals surface area contributed by atoms with Crippen LogP contribution in [0.4, 0.5) is 0 Å². The van der Waals surface area contributed by atoms with Gasteiger partial charge < -0.3 is 10.6 Å². The van der Waals surface area contributed by atoms with Crippen LogP contribution in [0.5, 0.6) is 0 Å². The quantitative estimate of drug-likeness (QED) is 0.819. The maximum Gasteiger partial charge on any atom is 0.0126 e. The largest absolute Gasteiger partial charge is 0.330 e. The van der Waals surface area contributed by atoms with Gasteiger partial charge in [0.1, 0.15) is 0 Å². The third kappa shape index (κ3) is 3.23. The minimum absolute atomic E-state index is 0.798. The summed E-state index contributed by atoms with van der Waals surface area (Å²) in [5.74, 6) is 2.60. The summed E-state index contributed by atoms with van der Waals surface area (Å²) in [7, 11) is 0. The summed E-state index contributed by atoms with van der Waals surface area (Å²) in [6, 6.07) is 0.877. The lowest BCUT2D eigenvalue weighted by Gasteiger charge is -2.44. The maximum absolute atomic E-state index is 5.78. The van der Waals surface area contributed by atoms with E-state index in [2.05, 4.69) is 18.7 Å². The summed E-state index contributed by atoms with van der Waals surface area (Å²) in [5, 5.41) is 0. The Balaban J connectivity index is 1.91. The lowest BCUT2D eigenvalue weighted by molar-refractivity contribution is 0.0512. The smallest absolute Gasteiger partial charge is 0.0126 e. The maximum atomic E-state index is 5.78. The van der Waals surface area contributed by atoms with Crippen molar-refractivity contribution >= 4 is 0 Å². The zero-order valence-corrected chi connectivity index (χ0v) is 11.7. The van der Waals surface area contributed by atoms with Crippen molar-refractivity contribution in [2.45, 2.75) is 58.4 Å². The first kappa shape index (κ1) is 13.4. The van der Waals surface area contributed by atoms with Crippen molar-refractivity contribution < 1.29 is 0 Å². The van der Waals surface area contributed by atoms with Gasteiger partial charge in [0.05, 0.1) is 0 Å². The highest BCUT2D eigenvalue weighted by molar-refractivity contribution is 4.87. The molecule has 1 aliphatic carbocycles. The van der Waals surface area contributed by atoms with Crippen LogP contribution in [-0.4, -0.2) is 30.6 Å². The summed E-state index contributed by atoms with van der Waals surface area (Å²) in [5.41, 5.74) is 5.78. The highest BCUT2D eigenvalue weighted by atomic mass is 15.2. The molecular weight excluding hydrogens is 208 g/mol. The van der Waals surface area contributed by atoms with Gasteiger partial charge in [-0.2, -0.15) is 0 Å². The van der Waals surface area contributed by atoms with Crippen molar-refractivity contribution in [1.82, 2.24) is 4.90 Å². The van der Waals surface area contributed by atoms with Crippen LogP contribution in [0.15, 0.2) is 0 Å². The minimum atomic E-state index is 0.798. The first-order chi connectivity index (χ1) is 8.22. The van der Waals surface area contributed by atoms with Crippen molar-refractivity contribution in [3.63, 3.8) is 0 Å². The number of hydrogen-bond donors (Lipinski definition) is 1. The average molecular weight is 238 g/mol. The molecule has 17 heavy (non-hydrogen) atoms. The molecule has 1 saturated heterocycles. The molecule has 2 N–H and O–H groups in total. The Labute approximate surface area is 107 Å². The van der Waals surface area contributed by atoms with Crippen molar-refractivity contribution in [3.05, 3.63) is 0 Å². The Kier molecular flexibility index (Phi) is 4.87. The molecule has 0 aromatic heterocycles. The summed E-state index contributed by atoms with van der Waals surface area (Å²) in [6.07, 6.45) is 8.47. The number of nitrogens with two attached hydrogens (primary N) is 1. The molecule has 2 atom stereocenters. The van der Waals surface area contributed by atoms with Crippen LogP contribution in [-0.2, 0) is 0 Å². The van der Waals surface area contributed by atoms with E-state index in [1.54, 1.807) is 0 Å². The fourth-order valence-corrected chi connectivity index (χ4v) is 3.89. The molecule has 2 fully saturated rings. The SMILES string of the molecule is CC(C)C1CCCCC1N1CCC(CN)CC1. The zero-order valence-electron chi connectivity index (χ0n) is 11.7. The van der Waals surface area contributed by atoms with Crippen molar-refractivity contribution in [3.8, 4) is 0 Å². The number of hydrogen-bond acceptors (Lipinski definition) is 2. The molecule has 2 rings (SSSR count).